The molecule has 4 nitrogen and oxygen atoms in total. The van der Waals surface area contributed by atoms with Crippen molar-refractivity contribution < 1.29 is 19.3 Å². The maximum Gasteiger partial charge on any atom is 0.184 e. The molecular weight excluding hydrogens is 244 g/mol. The number of aliphatic hydroxyl groups is 1. The van der Waals surface area contributed by atoms with Gasteiger partial charge in [0, 0.05) is 12.2 Å². The van der Waals surface area contributed by atoms with Gasteiger partial charge in [0.05, 0.1) is 13.2 Å². The van der Waals surface area contributed by atoms with Gasteiger partial charge in [-0.1, -0.05) is 43.7 Å². The highest BCUT2D eigenvalue weighted by atomic mass is 16.7. The lowest BCUT2D eigenvalue weighted by Crippen LogP contribution is -2.43. The highest BCUT2D eigenvalue weighted by Crippen LogP contribution is 2.26. The number of ether oxygens (including phenoxy) is 3. The summed E-state index contributed by atoms with van der Waals surface area (Å²) in [6.07, 6.45) is 0.771. The van der Waals surface area contributed by atoms with Crippen LogP contribution in [0.15, 0.2) is 30.3 Å². The zero-order chi connectivity index (χ0) is 13.5. The molecule has 0 aromatic heterocycles. The van der Waals surface area contributed by atoms with Crippen LogP contribution in [0.4, 0.5) is 0 Å². The van der Waals surface area contributed by atoms with E-state index in [9.17, 15) is 5.11 Å². The second-order valence-electron chi connectivity index (χ2n) is 4.75. The Kier molecular flexibility index (Phi) is 5.79. The van der Waals surface area contributed by atoms with Gasteiger partial charge in [-0.25, -0.2) is 0 Å². The Bertz CT molecular complexity index is 354. The molecule has 1 aliphatic rings. The molecule has 1 saturated heterocycles. The van der Waals surface area contributed by atoms with E-state index >= 15 is 0 Å². The van der Waals surface area contributed by atoms with Crippen molar-refractivity contribution in [3.05, 3.63) is 35.9 Å². The molecular formula is C15H22O4. The molecule has 0 saturated carbocycles. The van der Waals surface area contributed by atoms with Gasteiger partial charge in [0.15, 0.2) is 6.29 Å². The Morgan fingerprint density at radius 1 is 1.32 bits per heavy atom. The normalized spacial score (nSPS) is 27.4. The van der Waals surface area contributed by atoms with Gasteiger partial charge < -0.3 is 19.3 Å². The Morgan fingerprint density at radius 3 is 2.84 bits per heavy atom. The van der Waals surface area contributed by atoms with E-state index in [0.717, 1.165) is 18.4 Å². The summed E-state index contributed by atoms with van der Waals surface area (Å²) in [6.45, 7) is 3.52. The molecule has 0 aliphatic carbocycles. The van der Waals surface area contributed by atoms with E-state index in [0.29, 0.717) is 13.2 Å². The second-order valence-corrected chi connectivity index (χ2v) is 4.75. The zero-order valence-corrected chi connectivity index (χ0v) is 11.3. The van der Waals surface area contributed by atoms with Gasteiger partial charge in [-0.2, -0.15) is 0 Å². The standard InChI is InChI=1S/C15H22O4/c1-2-3-9-17-11-14-13(16)10-18-15(19-14)12-7-5-4-6-8-12/h4-8,13-16H,2-3,9-11H2,1H3/t13?,14-,15?/m0/s1. The van der Waals surface area contributed by atoms with Gasteiger partial charge in [0.1, 0.15) is 12.2 Å². The van der Waals surface area contributed by atoms with Crippen molar-refractivity contribution in [3.8, 4) is 0 Å². The van der Waals surface area contributed by atoms with Crippen molar-refractivity contribution in [2.24, 2.45) is 0 Å². The fourth-order valence-electron chi connectivity index (χ4n) is 1.96. The summed E-state index contributed by atoms with van der Waals surface area (Å²) in [6, 6.07) is 9.75. The molecule has 0 bridgehead atoms. The lowest BCUT2D eigenvalue weighted by Gasteiger charge is -2.34. The SMILES string of the molecule is CCCCOC[C@@H]1OC(c2ccccc2)OCC1O. The molecule has 1 fully saturated rings. The average Bonchev–Trinajstić information content (AvgIpc) is 2.46. The molecule has 1 aromatic rings. The molecule has 4 heteroatoms. The average molecular weight is 266 g/mol. The molecule has 0 radical (unpaired) electrons. The molecule has 1 heterocycles. The van der Waals surface area contributed by atoms with E-state index in [2.05, 4.69) is 6.92 Å². The second kappa shape index (κ2) is 7.60. The first-order valence-corrected chi connectivity index (χ1v) is 6.89. The summed E-state index contributed by atoms with van der Waals surface area (Å²) in [7, 11) is 0. The third-order valence-corrected chi connectivity index (χ3v) is 3.14. The predicted molar refractivity (Wildman–Crippen MR) is 71.7 cm³/mol. The van der Waals surface area contributed by atoms with Crippen molar-refractivity contribution in [2.75, 3.05) is 19.8 Å². The van der Waals surface area contributed by atoms with Crippen LogP contribution in [0.25, 0.3) is 0 Å². The van der Waals surface area contributed by atoms with Crippen LogP contribution in [0.5, 0.6) is 0 Å². The number of unbranched alkanes of at least 4 members (excludes halogenated alkanes) is 1. The molecule has 3 atom stereocenters. The van der Waals surface area contributed by atoms with E-state index in [4.69, 9.17) is 14.2 Å². The molecule has 19 heavy (non-hydrogen) atoms. The summed E-state index contributed by atoms with van der Waals surface area (Å²) in [5, 5.41) is 9.86. The van der Waals surface area contributed by atoms with Gasteiger partial charge in [-0.15, -0.1) is 0 Å². The topological polar surface area (TPSA) is 47.9 Å². The Morgan fingerprint density at radius 2 is 2.11 bits per heavy atom. The Hall–Kier alpha value is -0.940. The van der Waals surface area contributed by atoms with Crippen molar-refractivity contribution in [1.29, 1.82) is 0 Å². The van der Waals surface area contributed by atoms with Crippen molar-refractivity contribution in [2.45, 2.75) is 38.3 Å². The summed E-state index contributed by atoms with van der Waals surface area (Å²) in [5.74, 6) is 0. The molecule has 106 valence electrons. The largest absolute Gasteiger partial charge is 0.388 e. The van der Waals surface area contributed by atoms with E-state index in [-0.39, 0.29) is 12.7 Å². The first kappa shape index (κ1) is 14.5. The molecule has 1 aromatic carbocycles. The van der Waals surface area contributed by atoms with Gasteiger partial charge >= 0.3 is 0 Å². The molecule has 0 spiro atoms. The van der Waals surface area contributed by atoms with E-state index in [1.165, 1.54) is 0 Å². The lowest BCUT2D eigenvalue weighted by molar-refractivity contribution is -0.265. The van der Waals surface area contributed by atoms with Gasteiger partial charge in [-0.05, 0) is 6.42 Å². The highest BCUT2D eigenvalue weighted by molar-refractivity contribution is 5.16. The van der Waals surface area contributed by atoms with Gasteiger partial charge in [0.25, 0.3) is 0 Å². The minimum absolute atomic E-state index is 0.279. The Labute approximate surface area is 114 Å². The quantitative estimate of drug-likeness (QED) is 0.802. The lowest BCUT2D eigenvalue weighted by atomic mass is 10.1. The Balaban J connectivity index is 1.85. The summed E-state index contributed by atoms with van der Waals surface area (Å²) in [4.78, 5) is 0. The van der Waals surface area contributed by atoms with E-state index in [1.54, 1.807) is 0 Å². The molecule has 1 aliphatic heterocycles. The van der Waals surface area contributed by atoms with Crippen LogP contribution in [0.3, 0.4) is 0 Å². The van der Waals surface area contributed by atoms with Crippen LogP contribution in [-0.2, 0) is 14.2 Å². The molecule has 1 N–H and O–H groups in total. The van der Waals surface area contributed by atoms with Crippen molar-refractivity contribution >= 4 is 0 Å². The molecule has 2 rings (SSSR count). The van der Waals surface area contributed by atoms with Crippen molar-refractivity contribution in [3.63, 3.8) is 0 Å². The van der Waals surface area contributed by atoms with Gasteiger partial charge in [-0.3, -0.25) is 0 Å². The van der Waals surface area contributed by atoms with Crippen LogP contribution >= 0.6 is 0 Å². The maximum absolute atomic E-state index is 9.86. The number of hydrogen-bond donors (Lipinski definition) is 1. The summed E-state index contributed by atoms with van der Waals surface area (Å²) >= 11 is 0. The van der Waals surface area contributed by atoms with Crippen LogP contribution in [0.1, 0.15) is 31.6 Å². The monoisotopic (exact) mass is 266 g/mol. The summed E-state index contributed by atoms with van der Waals surface area (Å²) in [5.41, 5.74) is 0.966. The number of hydrogen-bond acceptors (Lipinski definition) is 4. The maximum atomic E-state index is 9.86. The number of benzene rings is 1. The minimum Gasteiger partial charge on any atom is -0.388 e. The minimum atomic E-state index is -0.624. The zero-order valence-electron chi connectivity index (χ0n) is 11.3. The first-order chi connectivity index (χ1) is 9.31. The first-order valence-electron chi connectivity index (χ1n) is 6.89. The third kappa shape index (κ3) is 4.28. The number of rotatable bonds is 6. The molecule has 2 unspecified atom stereocenters. The van der Waals surface area contributed by atoms with E-state index in [1.807, 2.05) is 30.3 Å². The highest BCUT2D eigenvalue weighted by Gasteiger charge is 2.31. The molecule has 0 amide bonds. The van der Waals surface area contributed by atoms with Crippen LogP contribution in [0.2, 0.25) is 0 Å². The van der Waals surface area contributed by atoms with Crippen molar-refractivity contribution in [1.82, 2.24) is 0 Å². The van der Waals surface area contributed by atoms with Crippen LogP contribution < -0.4 is 0 Å². The fraction of sp³-hybridized carbons (Fsp3) is 0.600. The van der Waals surface area contributed by atoms with Crippen LogP contribution in [-0.4, -0.2) is 37.1 Å². The van der Waals surface area contributed by atoms with Crippen LogP contribution in [0, 0.1) is 0 Å². The smallest absolute Gasteiger partial charge is 0.184 e. The third-order valence-electron chi connectivity index (χ3n) is 3.14. The van der Waals surface area contributed by atoms with Gasteiger partial charge in [0.2, 0.25) is 0 Å². The summed E-state index contributed by atoms with van der Waals surface area (Å²) < 4.78 is 16.8. The fourth-order valence-corrected chi connectivity index (χ4v) is 1.96. The predicted octanol–water partition coefficient (Wildman–Crippen LogP) is 2.28. The number of aliphatic hydroxyl groups excluding tert-OH is 1. The van der Waals surface area contributed by atoms with E-state index < -0.39 is 12.4 Å².